The first-order valence-electron chi connectivity index (χ1n) is 38.8. The summed E-state index contributed by atoms with van der Waals surface area (Å²) in [6, 6.07) is 39.5. The predicted molar refractivity (Wildman–Crippen MR) is 443 cm³/mol. The molecule has 0 aliphatic heterocycles. The predicted octanol–water partition coefficient (Wildman–Crippen LogP) is 18.9. The van der Waals surface area contributed by atoms with Gasteiger partial charge in [-0.2, -0.15) is 0 Å². The number of aromatic hydroxyl groups is 10. The quantitative estimate of drug-likeness (QED) is 0.00392. The Balaban J connectivity index is 0.000000155. The number of allylic oxidation sites excluding steroid dienone is 1. The zero-order chi connectivity index (χ0) is 84.1. The average Bonchev–Trinajstić information content (AvgIpc) is 0.753. The molecular formula is C91H95BrN2O23. The van der Waals surface area contributed by atoms with Crippen LogP contribution in [-0.4, -0.2) is 109 Å². The second-order valence-electron chi connectivity index (χ2n) is 30.9. The van der Waals surface area contributed by atoms with E-state index >= 15 is 0 Å². The average molecular weight is 1660 g/mol. The van der Waals surface area contributed by atoms with E-state index in [0.717, 1.165) is 110 Å². The molecule has 0 spiro atoms. The molecule has 614 valence electrons. The SMILES string of the molecule is CCCCCC(C)OC(=O)/C=C/c1ccc(O)c(O)c1.O=C(/C=C/c1ccc(O)c(O)c1)Oc1ccc2ccccc2c1.O=C(/C=C/c1ccc(O)c(O)c1Br)OCCc1ccccc1.O=C(/C=C/c1ccc(O)c(O)c1[N+](=O)[O-])CC12CC3CC(CC(C3)C1)C2.O=C(/C=C/c1ccc(O)c(O)c1[N+](=O)[O-])OC12CC3CC(CC(C3)C1)C2. The summed E-state index contributed by atoms with van der Waals surface area (Å²) < 4.78 is 21.7. The summed E-state index contributed by atoms with van der Waals surface area (Å²) in [5, 5.41) is 119. The van der Waals surface area contributed by atoms with Crippen molar-refractivity contribution >= 4 is 98.1 Å². The summed E-state index contributed by atoms with van der Waals surface area (Å²) in [5.41, 5.74) is 1.55. The molecule has 0 heterocycles. The Labute approximate surface area is 684 Å². The van der Waals surface area contributed by atoms with Crippen LogP contribution in [0.15, 0.2) is 180 Å². The fraction of sp³-hybridized carbons (Fsp3) is 0.330. The van der Waals surface area contributed by atoms with Crippen LogP contribution in [-0.2, 0) is 44.6 Å². The third-order valence-corrected chi connectivity index (χ3v) is 22.7. The first-order chi connectivity index (χ1) is 55.9. The van der Waals surface area contributed by atoms with Gasteiger partial charge in [0.15, 0.2) is 51.8 Å². The molecule has 8 fully saturated rings. The minimum Gasteiger partial charge on any atom is -0.504 e. The Morgan fingerprint density at radius 1 is 0.479 bits per heavy atom. The Kier molecular flexibility index (Phi) is 29.9. The molecule has 0 amide bonds. The van der Waals surface area contributed by atoms with Crippen LogP contribution in [0.1, 0.15) is 156 Å². The third kappa shape index (κ3) is 24.6. The number of esters is 4. The number of nitrogens with zero attached hydrogens (tertiary/aromatic N) is 2. The van der Waals surface area contributed by atoms with Crippen LogP contribution in [0, 0.1) is 61.2 Å². The summed E-state index contributed by atoms with van der Waals surface area (Å²) >= 11 is 3.15. The van der Waals surface area contributed by atoms with Gasteiger partial charge < -0.3 is 70.0 Å². The standard InChI is InChI=1S/C20H23NO5.C19H21NO6.C19H14O4.C17H15BrO4.C16H22O4/c22-16(3-1-15-2-4-17(23)19(24)18(15)21(25)26)11-20-8-12-5-13(9-20)7-14(6-12)10-20;21-15-3-1-14(17(18(15)23)20(24)25)2-4-16(22)26-19-8-11-5-12(9-19)7-13(6-11)10-19;20-17-9-5-13(11-18(17)21)6-10-19(22)23-16-8-7-14-3-1-2-4-15(14)12-16;18-16-13(6-8-14(19)17(16)21)7-9-15(20)22-11-10-12-4-2-1-3-5-12;1-3-4-5-6-12(2)20-16(19)10-8-13-7-9-14(17)15(18)11-13/h1-4,12-14,23-24H,5-11H2;1-4,11-13,21,23H,5-10H2;1-12,20-21H;1-9,19,21H,10-11H2;7-12,17-18H,3-6H2,1-2H3/b3-1+;4-2+;10-6+;9-7+;10-8+. The molecule has 0 aromatic heterocycles. The molecule has 0 saturated heterocycles. The number of hydrogen-bond donors (Lipinski definition) is 10. The molecule has 0 radical (unpaired) electrons. The van der Waals surface area contributed by atoms with Crippen molar-refractivity contribution in [3.05, 3.63) is 234 Å². The largest absolute Gasteiger partial charge is 0.504 e. The van der Waals surface area contributed by atoms with E-state index in [0.29, 0.717) is 64.1 Å². The molecule has 8 saturated carbocycles. The van der Waals surface area contributed by atoms with Crippen LogP contribution >= 0.6 is 15.9 Å². The summed E-state index contributed by atoms with van der Waals surface area (Å²) in [7, 11) is 0. The van der Waals surface area contributed by atoms with Crippen molar-refractivity contribution in [1.82, 2.24) is 0 Å². The van der Waals surface area contributed by atoms with E-state index in [1.54, 1.807) is 36.4 Å². The van der Waals surface area contributed by atoms with Crippen molar-refractivity contribution in [1.29, 1.82) is 0 Å². The minimum atomic E-state index is -0.813. The summed E-state index contributed by atoms with van der Waals surface area (Å²) in [4.78, 5) is 80.7. The number of rotatable bonds is 24. The van der Waals surface area contributed by atoms with E-state index in [-0.39, 0.29) is 68.5 Å². The highest BCUT2D eigenvalue weighted by Gasteiger charge is 2.54. The van der Waals surface area contributed by atoms with Crippen molar-refractivity contribution in [3.8, 4) is 63.2 Å². The number of phenols is 10. The Hall–Kier alpha value is -12.5. The van der Waals surface area contributed by atoms with Gasteiger partial charge in [-0.25, -0.2) is 19.2 Å². The maximum absolute atomic E-state index is 12.6. The van der Waals surface area contributed by atoms with Gasteiger partial charge in [0, 0.05) is 37.1 Å². The van der Waals surface area contributed by atoms with Crippen LogP contribution in [0.2, 0.25) is 0 Å². The summed E-state index contributed by atoms with van der Waals surface area (Å²) in [6.45, 7) is 4.31. The lowest BCUT2D eigenvalue weighted by Gasteiger charge is -2.56. The highest BCUT2D eigenvalue weighted by Crippen LogP contribution is 2.62. The molecule has 117 heavy (non-hydrogen) atoms. The molecule has 8 aliphatic carbocycles. The number of fused-ring (bicyclic) bond motifs is 1. The van der Waals surface area contributed by atoms with Gasteiger partial charge in [-0.05, 0) is 296 Å². The number of halogens is 1. The molecule has 8 bridgehead atoms. The molecule has 8 aliphatic rings. The second-order valence-corrected chi connectivity index (χ2v) is 31.7. The van der Waals surface area contributed by atoms with Gasteiger partial charge in [0.2, 0.25) is 11.5 Å². The van der Waals surface area contributed by atoms with Crippen molar-refractivity contribution in [2.45, 2.75) is 141 Å². The van der Waals surface area contributed by atoms with E-state index in [1.807, 2.05) is 67.6 Å². The molecule has 26 heteroatoms. The first-order valence-corrected chi connectivity index (χ1v) is 39.6. The number of nitro groups is 2. The van der Waals surface area contributed by atoms with Crippen LogP contribution < -0.4 is 4.74 Å². The second kappa shape index (κ2) is 40.2. The van der Waals surface area contributed by atoms with Crippen LogP contribution in [0.25, 0.3) is 41.2 Å². The Morgan fingerprint density at radius 2 is 0.932 bits per heavy atom. The summed E-state index contributed by atoms with van der Waals surface area (Å²) in [6.07, 6.45) is 32.7. The third-order valence-electron chi connectivity index (χ3n) is 21.8. The lowest BCUT2D eigenvalue weighted by molar-refractivity contribution is -0.386. The van der Waals surface area contributed by atoms with Gasteiger partial charge in [0.1, 0.15) is 11.4 Å². The number of phenolic OH excluding ortho intramolecular Hbond substituents is 10. The Bertz CT molecular complexity index is 4880. The molecule has 1 atom stereocenters. The van der Waals surface area contributed by atoms with E-state index in [4.69, 9.17) is 18.9 Å². The van der Waals surface area contributed by atoms with Crippen molar-refractivity contribution < 1.29 is 104 Å². The highest BCUT2D eigenvalue weighted by molar-refractivity contribution is 9.10. The van der Waals surface area contributed by atoms with Gasteiger partial charge in [0.25, 0.3) is 0 Å². The lowest BCUT2D eigenvalue weighted by Crippen LogP contribution is -2.52. The van der Waals surface area contributed by atoms with Gasteiger partial charge in [0.05, 0.1) is 38.2 Å². The van der Waals surface area contributed by atoms with Gasteiger partial charge in [-0.1, -0.05) is 92.6 Å². The zero-order valence-corrected chi connectivity index (χ0v) is 66.2. The summed E-state index contributed by atoms with van der Waals surface area (Å²) in [5.74, 6) is -1.26. The maximum atomic E-state index is 12.6. The normalized spacial score (nSPS) is 20.6. The van der Waals surface area contributed by atoms with Gasteiger partial charge in [-0.15, -0.1) is 0 Å². The number of unbranched alkanes of at least 4 members (excludes halogenated alkanes) is 2. The molecule has 16 rings (SSSR count). The van der Waals surface area contributed by atoms with Crippen LogP contribution in [0.3, 0.4) is 0 Å². The Morgan fingerprint density at radius 3 is 1.45 bits per heavy atom. The van der Waals surface area contributed by atoms with Crippen molar-refractivity contribution in [3.63, 3.8) is 0 Å². The number of nitro benzene ring substituents is 2. The van der Waals surface area contributed by atoms with Gasteiger partial charge >= 0.3 is 35.3 Å². The molecule has 25 nitrogen and oxygen atoms in total. The molecular weight excluding hydrogens is 1570 g/mol. The van der Waals surface area contributed by atoms with E-state index < -0.39 is 68.1 Å². The topological polar surface area (TPSA) is 411 Å². The lowest BCUT2D eigenvalue weighted by atomic mass is 9.48. The maximum Gasteiger partial charge on any atom is 0.336 e. The number of carbonyl (C=O) groups is 5. The molecule has 10 N–H and O–H groups in total. The number of carbonyl (C=O) groups excluding carboxylic acids is 5. The fourth-order valence-electron chi connectivity index (χ4n) is 17.3. The van der Waals surface area contributed by atoms with E-state index in [9.17, 15) is 95.3 Å². The smallest absolute Gasteiger partial charge is 0.336 e. The molecule has 8 aromatic rings. The zero-order valence-electron chi connectivity index (χ0n) is 64.7. The molecule has 1 unspecified atom stereocenters. The van der Waals surface area contributed by atoms with E-state index in [1.165, 1.54) is 136 Å². The number of ether oxygens (including phenoxy) is 4. The van der Waals surface area contributed by atoms with Gasteiger partial charge in [-0.3, -0.25) is 25.0 Å². The van der Waals surface area contributed by atoms with Crippen molar-refractivity contribution in [2.75, 3.05) is 6.61 Å². The highest BCUT2D eigenvalue weighted by atomic mass is 79.9. The number of ketones is 1. The number of benzene rings is 8. The minimum absolute atomic E-state index is 0.0196. The molecule has 8 aromatic carbocycles. The monoisotopic (exact) mass is 1660 g/mol. The van der Waals surface area contributed by atoms with E-state index in [2.05, 4.69) is 22.9 Å². The van der Waals surface area contributed by atoms with Crippen LogP contribution in [0.5, 0.6) is 63.2 Å². The fourth-order valence-corrected chi connectivity index (χ4v) is 17.8. The number of hydrogen-bond acceptors (Lipinski definition) is 23. The van der Waals surface area contributed by atoms with Crippen LogP contribution in [0.4, 0.5) is 11.4 Å². The first kappa shape index (κ1) is 86.9. The van der Waals surface area contributed by atoms with Crippen molar-refractivity contribution in [2.24, 2.45) is 40.9 Å².